The average molecular weight is 469 g/mol. The number of amides is 2. The Morgan fingerprint density at radius 3 is 2.34 bits per heavy atom. The van der Waals surface area contributed by atoms with Gasteiger partial charge < -0.3 is 19.7 Å². The van der Waals surface area contributed by atoms with Gasteiger partial charge in [-0.1, -0.05) is 0 Å². The number of piperazine rings is 1. The van der Waals surface area contributed by atoms with Crippen LogP contribution in [0.15, 0.2) is 23.1 Å². The largest absolute Gasteiger partial charge is 0.489 e. The van der Waals surface area contributed by atoms with Crippen LogP contribution in [0.25, 0.3) is 0 Å². The number of carbonyl (C=O) groups excluding carboxylic acids is 2. The summed E-state index contributed by atoms with van der Waals surface area (Å²) in [5, 5.41) is 2.82. The average Bonchev–Trinajstić information content (AvgIpc) is 2.75. The summed E-state index contributed by atoms with van der Waals surface area (Å²) in [6, 6.07) is 4.53. The van der Waals surface area contributed by atoms with Crippen LogP contribution in [0.2, 0.25) is 0 Å². The van der Waals surface area contributed by atoms with Crippen LogP contribution in [0.3, 0.4) is 0 Å². The van der Waals surface area contributed by atoms with Crippen LogP contribution in [-0.2, 0) is 24.3 Å². The molecule has 0 saturated carbocycles. The van der Waals surface area contributed by atoms with Gasteiger partial charge in [0.1, 0.15) is 5.75 Å². The van der Waals surface area contributed by atoms with E-state index in [0.717, 1.165) is 0 Å². The summed E-state index contributed by atoms with van der Waals surface area (Å²) in [5.41, 5.74) is 0.320. The number of hydrogen-bond donors (Lipinski definition) is 1. The predicted molar refractivity (Wildman–Crippen MR) is 119 cm³/mol. The van der Waals surface area contributed by atoms with E-state index in [0.29, 0.717) is 63.9 Å². The quantitative estimate of drug-likeness (QED) is 0.624. The Labute approximate surface area is 189 Å². The van der Waals surface area contributed by atoms with Crippen LogP contribution in [0.5, 0.6) is 5.75 Å². The summed E-state index contributed by atoms with van der Waals surface area (Å²) in [7, 11) is -3.71. The minimum atomic E-state index is -3.71. The third-order valence-corrected chi connectivity index (χ3v) is 7.28. The van der Waals surface area contributed by atoms with Crippen molar-refractivity contribution in [2.45, 2.75) is 31.8 Å². The topological polar surface area (TPSA) is 108 Å². The van der Waals surface area contributed by atoms with Gasteiger partial charge in [-0.25, -0.2) is 8.42 Å². The number of hydrogen-bond acceptors (Lipinski definition) is 7. The fourth-order valence-electron chi connectivity index (χ4n) is 3.67. The van der Waals surface area contributed by atoms with E-state index in [-0.39, 0.29) is 29.4 Å². The summed E-state index contributed by atoms with van der Waals surface area (Å²) in [6.07, 6.45) is -0.146. The zero-order chi connectivity index (χ0) is 23.3. The van der Waals surface area contributed by atoms with Crippen LogP contribution in [0.4, 0.5) is 5.69 Å². The van der Waals surface area contributed by atoms with Gasteiger partial charge in [0.15, 0.2) is 0 Å². The van der Waals surface area contributed by atoms with Gasteiger partial charge in [0.25, 0.3) is 0 Å². The lowest BCUT2D eigenvalue weighted by Crippen LogP contribution is -2.49. The Morgan fingerprint density at radius 2 is 1.75 bits per heavy atom. The molecule has 2 saturated heterocycles. The number of benzene rings is 1. The molecule has 0 bridgehead atoms. The van der Waals surface area contributed by atoms with Crippen LogP contribution >= 0.6 is 0 Å². The second-order valence-corrected chi connectivity index (χ2v) is 10.1. The van der Waals surface area contributed by atoms with E-state index in [1.165, 1.54) is 23.4 Å². The number of anilines is 1. The van der Waals surface area contributed by atoms with Crippen molar-refractivity contribution in [3.05, 3.63) is 18.2 Å². The fraction of sp³-hybridized carbons (Fsp3) is 0.619. The van der Waals surface area contributed by atoms with Crippen molar-refractivity contribution in [1.29, 1.82) is 0 Å². The first kappa shape index (κ1) is 24.4. The number of nitrogens with zero attached hydrogens (tertiary/aromatic N) is 3. The molecule has 178 valence electrons. The molecule has 3 rings (SSSR count). The molecule has 0 aliphatic carbocycles. The van der Waals surface area contributed by atoms with Crippen LogP contribution in [-0.4, -0.2) is 99.5 Å². The second-order valence-electron chi connectivity index (χ2n) is 8.17. The maximum atomic E-state index is 13.0. The van der Waals surface area contributed by atoms with Gasteiger partial charge >= 0.3 is 0 Å². The molecule has 2 amide bonds. The third-order valence-electron chi connectivity index (χ3n) is 5.38. The summed E-state index contributed by atoms with van der Waals surface area (Å²) in [4.78, 5) is 28.0. The number of nitrogens with one attached hydrogen (secondary N) is 1. The van der Waals surface area contributed by atoms with Crippen LogP contribution < -0.4 is 10.1 Å². The van der Waals surface area contributed by atoms with E-state index in [1.54, 1.807) is 11.0 Å². The van der Waals surface area contributed by atoms with Crippen LogP contribution in [0.1, 0.15) is 20.8 Å². The third kappa shape index (κ3) is 6.18. The minimum Gasteiger partial charge on any atom is -0.489 e. The Balaban J connectivity index is 1.73. The zero-order valence-corrected chi connectivity index (χ0v) is 19.7. The van der Waals surface area contributed by atoms with Gasteiger partial charge in [-0.15, -0.1) is 0 Å². The predicted octanol–water partition coefficient (Wildman–Crippen LogP) is 0.597. The van der Waals surface area contributed by atoms with E-state index in [9.17, 15) is 18.0 Å². The van der Waals surface area contributed by atoms with Crippen LogP contribution in [0, 0.1) is 0 Å². The van der Waals surface area contributed by atoms with Crippen molar-refractivity contribution in [3.63, 3.8) is 0 Å². The molecule has 11 heteroatoms. The molecule has 1 aromatic rings. The molecule has 2 heterocycles. The van der Waals surface area contributed by atoms with Gasteiger partial charge in [0, 0.05) is 46.2 Å². The number of ether oxygens (including phenoxy) is 2. The molecule has 0 aromatic heterocycles. The highest BCUT2D eigenvalue weighted by molar-refractivity contribution is 7.89. The van der Waals surface area contributed by atoms with Crippen molar-refractivity contribution >= 4 is 27.5 Å². The van der Waals surface area contributed by atoms with Gasteiger partial charge in [-0.05, 0) is 32.0 Å². The first-order valence-corrected chi connectivity index (χ1v) is 12.3. The summed E-state index contributed by atoms with van der Waals surface area (Å²) in [6.45, 7) is 9.07. The van der Waals surface area contributed by atoms with E-state index in [1.807, 2.05) is 18.7 Å². The Bertz CT molecular complexity index is 922. The highest BCUT2D eigenvalue weighted by atomic mass is 32.2. The molecular formula is C21H32N4O6S. The summed E-state index contributed by atoms with van der Waals surface area (Å²) < 4.78 is 38.5. The van der Waals surface area contributed by atoms with E-state index < -0.39 is 10.0 Å². The maximum absolute atomic E-state index is 13.0. The lowest BCUT2D eigenvalue weighted by Gasteiger charge is -2.33. The molecule has 10 nitrogen and oxygen atoms in total. The Kier molecular flexibility index (Phi) is 8.10. The SMILES string of the molecule is CC(=O)N1CCN(CC(=O)Nc2cc(S(=O)(=O)N3CCOCC3)ccc2OC(C)C)CC1. The van der Waals surface area contributed by atoms with Gasteiger partial charge in [0.2, 0.25) is 21.8 Å². The zero-order valence-electron chi connectivity index (χ0n) is 18.9. The van der Waals surface area contributed by atoms with E-state index in [2.05, 4.69) is 5.32 Å². The van der Waals surface area contributed by atoms with Crippen molar-refractivity contribution in [3.8, 4) is 5.75 Å². The Morgan fingerprint density at radius 1 is 1.09 bits per heavy atom. The number of sulfonamides is 1. The van der Waals surface area contributed by atoms with Gasteiger partial charge in [-0.2, -0.15) is 4.31 Å². The van der Waals surface area contributed by atoms with E-state index in [4.69, 9.17) is 9.47 Å². The van der Waals surface area contributed by atoms with Crippen molar-refractivity contribution in [2.75, 3.05) is 64.3 Å². The molecule has 0 spiro atoms. The second kappa shape index (κ2) is 10.6. The molecule has 1 aromatic carbocycles. The van der Waals surface area contributed by atoms with Crippen molar-refractivity contribution in [2.24, 2.45) is 0 Å². The maximum Gasteiger partial charge on any atom is 0.243 e. The molecule has 2 aliphatic rings. The standard InChI is InChI=1S/C21H32N4O6S/c1-16(2)31-20-5-4-18(32(28,29)25-10-12-30-13-11-25)14-19(20)22-21(27)15-23-6-8-24(9-7-23)17(3)26/h4-5,14,16H,6-13,15H2,1-3H3,(H,22,27). The number of morpholine rings is 1. The lowest BCUT2D eigenvalue weighted by molar-refractivity contribution is -0.130. The molecule has 0 unspecified atom stereocenters. The molecule has 2 aliphatic heterocycles. The highest BCUT2D eigenvalue weighted by Crippen LogP contribution is 2.30. The number of carbonyl (C=O) groups is 2. The molecule has 0 atom stereocenters. The minimum absolute atomic E-state index is 0.0304. The molecule has 0 radical (unpaired) electrons. The summed E-state index contributed by atoms with van der Waals surface area (Å²) in [5.74, 6) is 0.175. The van der Waals surface area contributed by atoms with E-state index >= 15 is 0 Å². The van der Waals surface area contributed by atoms with Gasteiger partial charge in [0.05, 0.1) is 36.4 Å². The fourth-order valence-corrected chi connectivity index (χ4v) is 5.11. The molecule has 1 N–H and O–H groups in total. The normalized spacial score (nSPS) is 18.6. The first-order valence-electron chi connectivity index (χ1n) is 10.8. The highest BCUT2D eigenvalue weighted by Gasteiger charge is 2.28. The molecule has 32 heavy (non-hydrogen) atoms. The summed E-state index contributed by atoms with van der Waals surface area (Å²) >= 11 is 0. The lowest BCUT2D eigenvalue weighted by atomic mass is 10.2. The Hall–Kier alpha value is -2.21. The van der Waals surface area contributed by atoms with Crippen molar-refractivity contribution < 1.29 is 27.5 Å². The smallest absolute Gasteiger partial charge is 0.243 e. The first-order chi connectivity index (χ1) is 15.2. The van der Waals surface area contributed by atoms with Gasteiger partial charge in [-0.3, -0.25) is 14.5 Å². The monoisotopic (exact) mass is 468 g/mol. The number of rotatable bonds is 7. The molecular weight excluding hydrogens is 436 g/mol. The molecule has 2 fully saturated rings. The van der Waals surface area contributed by atoms with Crippen molar-refractivity contribution in [1.82, 2.24) is 14.1 Å².